The number of nitrogens with zero attached hydrogens (tertiary/aromatic N) is 1. The molecule has 8 heteroatoms. The number of H-pyrrole nitrogens is 1. The number of amides is 1. The van der Waals surface area contributed by atoms with Crippen molar-refractivity contribution in [3.63, 3.8) is 0 Å². The third-order valence-corrected chi connectivity index (χ3v) is 4.33. The zero-order valence-corrected chi connectivity index (χ0v) is 12.3. The number of rotatable bonds is 6. The molecule has 7 nitrogen and oxygen atoms in total. The molecule has 0 radical (unpaired) electrons. The van der Waals surface area contributed by atoms with E-state index >= 15 is 0 Å². The first kappa shape index (κ1) is 15.2. The number of carbonyl (C=O) groups is 1. The third kappa shape index (κ3) is 3.89. The Bertz CT molecular complexity index is 694. The number of hydrogen-bond acceptors (Lipinski definition) is 4. The minimum atomic E-state index is -3.49. The lowest BCUT2D eigenvalue weighted by molar-refractivity contribution is 0.0951. The van der Waals surface area contributed by atoms with Gasteiger partial charge in [-0.15, -0.1) is 0 Å². The van der Waals surface area contributed by atoms with Crippen LogP contribution in [0.25, 0.3) is 0 Å². The van der Waals surface area contributed by atoms with E-state index in [1.54, 1.807) is 19.3 Å². The molecule has 112 valence electrons. The quantitative estimate of drug-likeness (QED) is 0.728. The van der Waals surface area contributed by atoms with E-state index in [0.717, 1.165) is 5.56 Å². The number of benzene rings is 1. The number of aromatic nitrogens is 2. The summed E-state index contributed by atoms with van der Waals surface area (Å²) in [7, 11) is -3.49. The average Bonchev–Trinajstić information content (AvgIpc) is 2.98. The summed E-state index contributed by atoms with van der Waals surface area (Å²) in [6, 6.07) is 5.78. The van der Waals surface area contributed by atoms with E-state index in [4.69, 9.17) is 0 Å². The second kappa shape index (κ2) is 6.51. The molecule has 0 aliphatic rings. The van der Waals surface area contributed by atoms with Gasteiger partial charge in [-0.2, -0.15) is 5.10 Å². The van der Waals surface area contributed by atoms with Crippen molar-refractivity contribution >= 4 is 15.9 Å². The fraction of sp³-hybridized carbons (Fsp3) is 0.231. The van der Waals surface area contributed by atoms with E-state index in [0.29, 0.717) is 18.7 Å². The van der Waals surface area contributed by atoms with Crippen LogP contribution in [0.1, 0.15) is 22.8 Å². The maximum Gasteiger partial charge on any atom is 0.251 e. The van der Waals surface area contributed by atoms with Gasteiger partial charge in [0.2, 0.25) is 10.0 Å². The van der Waals surface area contributed by atoms with Gasteiger partial charge in [-0.25, -0.2) is 13.1 Å². The highest BCUT2D eigenvalue weighted by Crippen LogP contribution is 2.10. The van der Waals surface area contributed by atoms with E-state index < -0.39 is 10.0 Å². The fourth-order valence-corrected chi connectivity index (χ4v) is 2.76. The van der Waals surface area contributed by atoms with Gasteiger partial charge in [0.1, 0.15) is 0 Å². The summed E-state index contributed by atoms with van der Waals surface area (Å²) in [5, 5.41) is 9.15. The highest BCUT2D eigenvalue weighted by Gasteiger charge is 2.13. The van der Waals surface area contributed by atoms with Gasteiger partial charge in [-0.3, -0.25) is 9.89 Å². The summed E-state index contributed by atoms with van der Waals surface area (Å²) >= 11 is 0. The van der Waals surface area contributed by atoms with Gasteiger partial charge < -0.3 is 5.32 Å². The number of hydrogen-bond donors (Lipinski definition) is 3. The van der Waals surface area contributed by atoms with E-state index in [1.807, 2.05) is 0 Å². The van der Waals surface area contributed by atoms with E-state index in [9.17, 15) is 13.2 Å². The van der Waals surface area contributed by atoms with Crippen LogP contribution in [0.4, 0.5) is 0 Å². The monoisotopic (exact) mass is 308 g/mol. The summed E-state index contributed by atoms with van der Waals surface area (Å²) in [5.74, 6) is -0.274. The Hall–Kier alpha value is -2.19. The zero-order valence-electron chi connectivity index (χ0n) is 11.5. The topological polar surface area (TPSA) is 104 Å². The van der Waals surface area contributed by atoms with Gasteiger partial charge in [-0.05, 0) is 24.3 Å². The molecule has 1 heterocycles. The Balaban J connectivity index is 2.03. The van der Waals surface area contributed by atoms with Crippen LogP contribution in [0.15, 0.2) is 41.6 Å². The second-order valence-corrected chi connectivity index (χ2v) is 6.08. The van der Waals surface area contributed by atoms with Crippen LogP contribution in [-0.4, -0.2) is 31.1 Å². The smallest absolute Gasteiger partial charge is 0.251 e. The van der Waals surface area contributed by atoms with Crippen LogP contribution < -0.4 is 10.0 Å². The van der Waals surface area contributed by atoms with Crippen LogP contribution in [0.3, 0.4) is 0 Å². The molecular formula is C13H16N4O3S. The number of aromatic amines is 1. The molecule has 3 N–H and O–H groups in total. The minimum Gasteiger partial charge on any atom is -0.348 e. The normalized spacial score (nSPS) is 11.3. The molecule has 0 saturated carbocycles. The third-order valence-electron chi connectivity index (χ3n) is 2.77. The standard InChI is InChI=1S/C13H16N4O3S/c1-2-17-21(19,20)12-5-3-11(4-6-12)13(18)14-7-10-8-15-16-9-10/h3-6,8-9,17H,2,7H2,1H3,(H,14,18)(H,15,16). The van der Waals surface area contributed by atoms with Crippen molar-refractivity contribution in [2.45, 2.75) is 18.4 Å². The highest BCUT2D eigenvalue weighted by molar-refractivity contribution is 7.89. The first-order valence-electron chi connectivity index (χ1n) is 6.38. The molecule has 21 heavy (non-hydrogen) atoms. The molecule has 0 atom stereocenters. The fourth-order valence-electron chi connectivity index (χ4n) is 1.72. The lowest BCUT2D eigenvalue weighted by Crippen LogP contribution is -2.24. The van der Waals surface area contributed by atoms with Crippen molar-refractivity contribution in [1.29, 1.82) is 0 Å². The van der Waals surface area contributed by atoms with Crippen LogP contribution in [0.2, 0.25) is 0 Å². The Kier molecular flexibility index (Phi) is 4.71. The maximum absolute atomic E-state index is 11.9. The summed E-state index contributed by atoms with van der Waals surface area (Å²) in [4.78, 5) is 12.1. The van der Waals surface area contributed by atoms with Crippen LogP contribution in [0.5, 0.6) is 0 Å². The molecule has 0 spiro atoms. The predicted molar refractivity (Wildman–Crippen MR) is 77.1 cm³/mol. The molecular weight excluding hydrogens is 292 g/mol. The van der Waals surface area contributed by atoms with Crippen molar-refractivity contribution in [2.75, 3.05) is 6.54 Å². The average molecular weight is 308 g/mol. The molecule has 2 aromatic rings. The Morgan fingerprint density at radius 2 is 2.00 bits per heavy atom. The minimum absolute atomic E-state index is 0.135. The van der Waals surface area contributed by atoms with Gasteiger partial charge in [0.05, 0.1) is 11.1 Å². The van der Waals surface area contributed by atoms with Crippen molar-refractivity contribution in [1.82, 2.24) is 20.2 Å². The van der Waals surface area contributed by atoms with Crippen LogP contribution in [-0.2, 0) is 16.6 Å². The van der Waals surface area contributed by atoms with Crippen LogP contribution >= 0.6 is 0 Å². The van der Waals surface area contributed by atoms with Gasteiger partial charge in [0.15, 0.2) is 0 Å². The van der Waals surface area contributed by atoms with E-state index in [1.165, 1.54) is 24.3 Å². The van der Waals surface area contributed by atoms with Crippen LogP contribution in [0, 0.1) is 0 Å². The Labute approximate surface area is 122 Å². The molecule has 0 fully saturated rings. The largest absolute Gasteiger partial charge is 0.348 e. The summed E-state index contributed by atoms with van der Waals surface area (Å²) < 4.78 is 25.9. The van der Waals surface area contributed by atoms with Crippen molar-refractivity contribution < 1.29 is 13.2 Å². The Morgan fingerprint density at radius 3 is 2.57 bits per heavy atom. The number of sulfonamides is 1. The van der Waals surface area contributed by atoms with Gasteiger partial charge >= 0.3 is 0 Å². The first-order valence-corrected chi connectivity index (χ1v) is 7.87. The van der Waals surface area contributed by atoms with E-state index in [-0.39, 0.29) is 10.8 Å². The highest BCUT2D eigenvalue weighted by atomic mass is 32.2. The maximum atomic E-state index is 11.9. The predicted octanol–water partition coefficient (Wildman–Crippen LogP) is 0.638. The lowest BCUT2D eigenvalue weighted by Gasteiger charge is -2.06. The second-order valence-electron chi connectivity index (χ2n) is 4.31. The number of nitrogens with one attached hydrogen (secondary N) is 3. The van der Waals surface area contributed by atoms with Crippen molar-refractivity contribution in [3.8, 4) is 0 Å². The lowest BCUT2D eigenvalue weighted by atomic mass is 10.2. The Morgan fingerprint density at radius 1 is 1.29 bits per heavy atom. The van der Waals surface area contributed by atoms with E-state index in [2.05, 4.69) is 20.2 Å². The van der Waals surface area contributed by atoms with Gasteiger partial charge in [-0.1, -0.05) is 6.92 Å². The summed E-state index contributed by atoms with van der Waals surface area (Å²) in [5.41, 5.74) is 1.25. The molecule has 1 aromatic carbocycles. The molecule has 1 aromatic heterocycles. The molecule has 0 aliphatic heterocycles. The molecule has 0 unspecified atom stereocenters. The van der Waals surface area contributed by atoms with Crippen molar-refractivity contribution in [3.05, 3.63) is 47.8 Å². The molecule has 0 bridgehead atoms. The van der Waals surface area contributed by atoms with Crippen molar-refractivity contribution in [2.24, 2.45) is 0 Å². The van der Waals surface area contributed by atoms with Gasteiger partial charge in [0.25, 0.3) is 5.91 Å². The molecule has 0 aliphatic carbocycles. The molecule has 1 amide bonds. The summed E-state index contributed by atoms with van der Waals surface area (Å²) in [6.45, 7) is 2.37. The molecule has 2 rings (SSSR count). The summed E-state index contributed by atoms with van der Waals surface area (Å²) in [6.07, 6.45) is 3.30. The zero-order chi connectivity index (χ0) is 15.3. The first-order chi connectivity index (χ1) is 10.0. The number of carbonyl (C=O) groups excluding carboxylic acids is 1. The molecule has 0 saturated heterocycles. The SMILES string of the molecule is CCNS(=O)(=O)c1ccc(C(=O)NCc2cn[nH]c2)cc1. The van der Waals surface area contributed by atoms with Gasteiger partial charge in [0, 0.05) is 30.4 Å².